The molecule has 2 aromatic heterocycles. The van der Waals surface area contributed by atoms with E-state index < -0.39 is 10.0 Å². The van der Waals surface area contributed by atoms with Gasteiger partial charge >= 0.3 is 0 Å². The smallest absolute Gasteiger partial charge is 0.244 e. The lowest BCUT2D eigenvalue weighted by atomic mass is 10.2. The lowest BCUT2D eigenvalue weighted by Crippen LogP contribution is -2.30. The highest BCUT2D eigenvalue weighted by atomic mass is 35.5. The number of hydrogen-bond donors (Lipinski definition) is 0. The maximum absolute atomic E-state index is 13.2. The zero-order valence-corrected chi connectivity index (χ0v) is 15.4. The Hall–Kier alpha value is -1.60. The van der Waals surface area contributed by atoms with Crippen LogP contribution < -0.4 is 0 Å². The Kier molecular flexibility index (Phi) is 5.10. The summed E-state index contributed by atoms with van der Waals surface area (Å²) in [4.78, 5) is 0.219. The van der Waals surface area contributed by atoms with E-state index in [2.05, 4.69) is 0 Å². The third kappa shape index (κ3) is 3.72. The second-order valence-electron chi connectivity index (χ2n) is 5.39. The minimum Gasteiger partial charge on any atom is -0.468 e. The standard InChI is InChI=1S/C17H16ClNO3S2/c1-13-4-5-15(18)9-17(13)24(20,21)19(10-14-6-8-23-12-14)11-16-3-2-7-22-16/h2-9,12H,10-11H2,1H3. The van der Waals surface area contributed by atoms with Gasteiger partial charge in [0.15, 0.2) is 0 Å². The summed E-state index contributed by atoms with van der Waals surface area (Å²) in [5, 5.41) is 4.26. The van der Waals surface area contributed by atoms with Crippen LogP contribution in [0.15, 0.2) is 62.7 Å². The molecule has 0 unspecified atom stereocenters. The van der Waals surface area contributed by atoms with Crippen LogP contribution in [-0.4, -0.2) is 12.7 Å². The Labute approximate surface area is 150 Å². The summed E-state index contributed by atoms with van der Waals surface area (Å²) in [5.41, 5.74) is 1.60. The van der Waals surface area contributed by atoms with Crippen molar-refractivity contribution in [1.82, 2.24) is 4.31 Å². The molecule has 0 aliphatic carbocycles. The van der Waals surface area contributed by atoms with Gasteiger partial charge in [0.05, 0.1) is 17.7 Å². The molecule has 3 aromatic rings. The van der Waals surface area contributed by atoms with E-state index in [1.54, 1.807) is 31.2 Å². The third-order valence-corrected chi connectivity index (χ3v) is 6.52. The molecule has 0 aliphatic rings. The summed E-state index contributed by atoms with van der Waals surface area (Å²) in [5.74, 6) is 0.591. The first-order valence-corrected chi connectivity index (χ1v) is 10.0. The fraction of sp³-hybridized carbons (Fsp3) is 0.176. The fourth-order valence-corrected chi connectivity index (χ4v) is 4.92. The van der Waals surface area contributed by atoms with Crippen molar-refractivity contribution in [2.24, 2.45) is 0 Å². The minimum atomic E-state index is -3.71. The number of aryl methyl sites for hydroxylation is 1. The quantitative estimate of drug-likeness (QED) is 0.622. The number of halogens is 1. The lowest BCUT2D eigenvalue weighted by Gasteiger charge is -2.22. The van der Waals surface area contributed by atoms with Gasteiger partial charge in [0, 0.05) is 11.6 Å². The number of rotatable bonds is 6. The van der Waals surface area contributed by atoms with Gasteiger partial charge in [-0.3, -0.25) is 0 Å². The van der Waals surface area contributed by atoms with Crippen LogP contribution in [0.3, 0.4) is 0 Å². The van der Waals surface area contributed by atoms with E-state index in [-0.39, 0.29) is 18.0 Å². The van der Waals surface area contributed by atoms with Crippen LogP contribution in [0.25, 0.3) is 0 Å². The first-order chi connectivity index (χ1) is 11.5. The van der Waals surface area contributed by atoms with Gasteiger partial charge in [-0.05, 0) is 59.1 Å². The van der Waals surface area contributed by atoms with E-state index in [4.69, 9.17) is 16.0 Å². The van der Waals surface area contributed by atoms with Gasteiger partial charge in [-0.25, -0.2) is 8.42 Å². The SMILES string of the molecule is Cc1ccc(Cl)cc1S(=O)(=O)N(Cc1ccsc1)Cc1ccco1. The van der Waals surface area contributed by atoms with Crippen LogP contribution in [0.4, 0.5) is 0 Å². The Morgan fingerprint density at radius 1 is 1.21 bits per heavy atom. The molecule has 0 aliphatic heterocycles. The summed E-state index contributed by atoms with van der Waals surface area (Å²) in [6.07, 6.45) is 1.54. The molecular weight excluding hydrogens is 366 g/mol. The number of thiophene rings is 1. The predicted molar refractivity (Wildman–Crippen MR) is 95.6 cm³/mol. The molecule has 24 heavy (non-hydrogen) atoms. The Balaban J connectivity index is 2.00. The molecule has 7 heteroatoms. The highest BCUT2D eigenvalue weighted by Crippen LogP contribution is 2.26. The van der Waals surface area contributed by atoms with Gasteiger partial charge in [-0.2, -0.15) is 15.6 Å². The summed E-state index contributed by atoms with van der Waals surface area (Å²) >= 11 is 7.55. The van der Waals surface area contributed by atoms with E-state index in [9.17, 15) is 8.42 Å². The Bertz CT molecular complexity index is 867. The van der Waals surface area contributed by atoms with Crippen molar-refractivity contribution in [2.75, 3.05) is 0 Å². The van der Waals surface area contributed by atoms with Gasteiger partial charge in [0.25, 0.3) is 0 Å². The van der Waals surface area contributed by atoms with Crippen molar-refractivity contribution in [3.8, 4) is 0 Å². The normalized spacial score (nSPS) is 12.0. The van der Waals surface area contributed by atoms with Crippen molar-refractivity contribution in [2.45, 2.75) is 24.9 Å². The van der Waals surface area contributed by atoms with Crippen molar-refractivity contribution in [3.05, 3.63) is 75.3 Å². The molecule has 0 spiro atoms. The van der Waals surface area contributed by atoms with Gasteiger partial charge in [-0.1, -0.05) is 17.7 Å². The number of hydrogen-bond acceptors (Lipinski definition) is 4. The van der Waals surface area contributed by atoms with Crippen molar-refractivity contribution >= 4 is 33.0 Å². The van der Waals surface area contributed by atoms with Crippen LogP contribution in [0.2, 0.25) is 5.02 Å². The maximum atomic E-state index is 13.2. The van der Waals surface area contributed by atoms with E-state index in [0.29, 0.717) is 16.3 Å². The van der Waals surface area contributed by atoms with Crippen LogP contribution in [-0.2, 0) is 23.1 Å². The van der Waals surface area contributed by atoms with E-state index >= 15 is 0 Å². The molecule has 0 bridgehead atoms. The molecule has 0 saturated carbocycles. The first-order valence-electron chi connectivity index (χ1n) is 7.26. The van der Waals surface area contributed by atoms with Crippen molar-refractivity contribution in [3.63, 3.8) is 0 Å². The van der Waals surface area contributed by atoms with Crippen LogP contribution in [0.5, 0.6) is 0 Å². The summed E-state index contributed by atoms with van der Waals surface area (Å²) in [6, 6.07) is 10.3. The third-order valence-electron chi connectivity index (χ3n) is 3.62. The Morgan fingerprint density at radius 3 is 2.71 bits per heavy atom. The fourth-order valence-electron chi connectivity index (χ4n) is 2.38. The van der Waals surface area contributed by atoms with Gasteiger partial charge in [0.2, 0.25) is 10.0 Å². The highest BCUT2D eigenvalue weighted by Gasteiger charge is 2.27. The summed E-state index contributed by atoms with van der Waals surface area (Å²) in [7, 11) is -3.71. The molecule has 0 fully saturated rings. The molecule has 126 valence electrons. The van der Waals surface area contributed by atoms with E-state index in [1.807, 2.05) is 16.8 Å². The molecular formula is C17H16ClNO3S2. The molecule has 0 saturated heterocycles. The molecule has 0 radical (unpaired) electrons. The van der Waals surface area contributed by atoms with Crippen LogP contribution >= 0.6 is 22.9 Å². The number of benzene rings is 1. The van der Waals surface area contributed by atoms with E-state index in [0.717, 1.165) is 5.56 Å². The average Bonchev–Trinajstić information content (AvgIpc) is 3.22. The summed E-state index contributed by atoms with van der Waals surface area (Å²) < 4.78 is 33.1. The molecule has 3 rings (SSSR count). The minimum absolute atomic E-state index is 0.164. The Morgan fingerprint density at radius 2 is 2.04 bits per heavy atom. The zero-order chi connectivity index (χ0) is 17.2. The van der Waals surface area contributed by atoms with Crippen molar-refractivity contribution in [1.29, 1.82) is 0 Å². The first kappa shape index (κ1) is 17.2. The number of nitrogens with zero attached hydrogens (tertiary/aromatic N) is 1. The van der Waals surface area contributed by atoms with Crippen LogP contribution in [0.1, 0.15) is 16.9 Å². The van der Waals surface area contributed by atoms with Gasteiger partial charge < -0.3 is 4.42 Å². The highest BCUT2D eigenvalue weighted by molar-refractivity contribution is 7.89. The molecule has 0 N–H and O–H groups in total. The van der Waals surface area contributed by atoms with Gasteiger partial charge in [0.1, 0.15) is 5.76 Å². The predicted octanol–water partition coefficient (Wildman–Crippen LogP) is 4.69. The second-order valence-corrected chi connectivity index (χ2v) is 8.52. The zero-order valence-electron chi connectivity index (χ0n) is 13.0. The molecule has 4 nitrogen and oxygen atoms in total. The molecule has 1 aromatic carbocycles. The second kappa shape index (κ2) is 7.11. The number of furan rings is 1. The molecule has 0 atom stereocenters. The van der Waals surface area contributed by atoms with Crippen LogP contribution in [0, 0.1) is 6.92 Å². The topological polar surface area (TPSA) is 50.5 Å². The van der Waals surface area contributed by atoms with Crippen molar-refractivity contribution < 1.29 is 12.8 Å². The average molecular weight is 382 g/mol. The largest absolute Gasteiger partial charge is 0.468 e. The number of sulfonamides is 1. The van der Waals surface area contributed by atoms with Gasteiger partial charge in [-0.15, -0.1) is 0 Å². The maximum Gasteiger partial charge on any atom is 0.244 e. The monoisotopic (exact) mass is 381 g/mol. The lowest BCUT2D eigenvalue weighted by molar-refractivity contribution is 0.358. The molecule has 0 amide bonds. The van der Waals surface area contributed by atoms with E-state index in [1.165, 1.54) is 28.0 Å². The summed E-state index contributed by atoms with van der Waals surface area (Å²) in [6.45, 7) is 2.20. The molecule has 2 heterocycles.